The van der Waals surface area contributed by atoms with Crippen molar-refractivity contribution >= 4 is 11.3 Å². The molecule has 0 aliphatic carbocycles. The van der Waals surface area contributed by atoms with E-state index in [1.54, 1.807) is 6.20 Å². The van der Waals surface area contributed by atoms with Crippen molar-refractivity contribution < 1.29 is 5.11 Å². The molecule has 0 saturated heterocycles. The monoisotopic (exact) mass is 157 g/mol. The van der Waals surface area contributed by atoms with E-state index in [1.807, 2.05) is 0 Å². The molecule has 1 aromatic rings. The predicted octanol–water partition coefficient (Wildman–Crippen LogP) is 0.0252. The van der Waals surface area contributed by atoms with E-state index in [1.165, 1.54) is 11.3 Å². The minimum Gasteiger partial charge on any atom is -0.395 e. The van der Waals surface area contributed by atoms with Crippen LogP contribution >= 0.6 is 11.3 Å². The van der Waals surface area contributed by atoms with Crippen LogP contribution in [-0.4, -0.2) is 23.2 Å². The SMILES string of the molecule is OCCNCc1cn[c]s1. The lowest BCUT2D eigenvalue weighted by atomic mass is 10.5. The van der Waals surface area contributed by atoms with Gasteiger partial charge in [0.15, 0.2) is 5.51 Å². The second kappa shape index (κ2) is 4.38. The summed E-state index contributed by atoms with van der Waals surface area (Å²) in [5.41, 5.74) is 2.75. The number of aromatic nitrogens is 1. The molecule has 1 heterocycles. The summed E-state index contributed by atoms with van der Waals surface area (Å²) >= 11 is 1.49. The number of rotatable bonds is 4. The van der Waals surface area contributed by atoms with Gasteiger partial charge in [0, 0.05) is 24.2 Å². The summed E-state index contributed by atoms with van der Waals surface area (Å²) in [7, 11) is 0. The minimum atomic E-state index is 0.183. The van der Waals surface area contributed by atoms with E-state index < -0.39 is 0 Å². The van der Waals surface area contributed by atoms with Crippen molar-refractivity contribution in [2.24, 2.45) is 0 Å². The van der Waals surface area contributed by atoms with Crippen LogP contribution in [0.3, 0.4) is 0 Å². The number of hydrogen-bond donors (Lipinski definition) is 2. The van der Waals surface area contributed by atoms with Gasteiger partial charge >= 0.3 is 0 Å². The molecule has 2 N–H and O–H groups in total. The molecule has 0 amide bonds. The number of aliphatic hydroxyl groups is 1. The molecule has 1 rings (SSSR count). The Morgan fingerprint density at radius 3 is 3.30 bits per heavy atom. The van der Waals surface area contributed by atoms with Crippen LogP contribution in [0.4, 0.5) is 0 Å². The Labute approximate surface area is 63.7 Å². The van der Waals surface area contributed by atoms with Gasteiger partial charge in [0.25, 0.3) is 0 Å². The largest absolute Gasteiger partial charge is 0.395 e. The summed E-state index contributed by atoms with van der Waals surface area (Å²) in [4.78, 5) is 4.94. The lowest BCUT2D eigenvalue weighted by molar-refractivity contribution is 0.292. The van der Waals surface area contributed by atoms with Crippen LogP contribution in [0.25, 0.3) is 0 Å². The standard InChI is InChI=1S/C6H9N2OS/c9-2-1-7-3-6-4-8-5-10-6/h4,7,9H,1-3H2. The summed E-state index contributed by atoms with van der Waals surface area (Å²) in [6.07, 6.45) is 1.77. The molecule has 0 aromatic carbocycles. The second-order valence-corrected chi connectivity index (χ2v) is 2.73. The van der Waals surface area contributed by atoms with Crippen molar-refractivity contribution in [3.05, 3.63) is 16.6 Å². The molecule has 0 atom stereocenters. The Hall–Kier alpha value is -0.450. The molecule has 0 spiro atoms. The Bertz CT molecular complexity index is 164. The normalized spacial score (nSPS) is 10.1. The molecular weight excluding hydrogens is 148 g/mol. The smallest absolute Gasteiger partial charge is 0.152 e. The van der Waals surface area contributed by atoms with Gasteiger partial charge in [-0.15, -0.1) is 11.3 Å². The van der Waals surface area contributed by atoms with Gasteiger partial charge in [-0.1, -0.05) is 0 Å². The highest BCUT2D eigenvalue weighted by Gasteiger charge is 1.91. The summed E-state index contributed by atoms with van der Waals surface area (Å²) < 4.78 is 0. The molecular formula is C6H9N2OS. The highest BCUT2D eigenvalue weighted by atomic mass is 32.1. The molecule has 0 fully saturated rings. The molecule has 0 aliphatic heterocycles. The molecule has 4 heteroatoms. The predicted molar refractivity (Wildman–Crippen MR) is 39.7 cm³/mol. The van der Waals surface area contributed by atoms with Gasteiger partial charge in [0.2, 0.25) is 0 Å². The Morgan fingerprint density at radius 1 is 1.80 bits per heavy atom. The Morgan fingerprint density at radius 2 is 2.70 bits per heavy atom. The number of nitrogens with zero attached hydrogens (tertiary/aromatic N) is 1. The highest BCUT2D eigenvalue weighted by molar-refractivity contribution is 7.09. The molecule has 55 valence electrons. The fraction of sp³-hybridized carbons (Fsp3) is 0.500. The summed E-state index contributed by atoms with van der Waals surface area (Å²) in [6.45, 7) is 1.60. The maximum atomic E-state index is 8.41. The number of aliphatic hydroxyl groups excluding tert-OH is 1. The topological polar surface area (TPSA) is 45.1 Å². The quantitative estimate of drug-likeness (QED) is 0.606. The minimum absolute atomic E-state index is 0.183. The maximum absolute atomic E-state index is 8.41. The molecule has 1 aromatic heterocycles. The summed E-state index contributed by atoms with van der Waals surface area (Å²) in [5, 5.41) is 11.5. The summed E-state index contributed by atoms with van der Waals surface area (Å²) in [5.74, 6) is 0. The van der Waals surface area contributed by atoms with E-state index in [-0.39, 0.29) is 6.61 Å². The van der Waals surface area contributed by atoms with Gasteiger partial charge < -0.3 is 10.4 Å². The summed E-state index contributed by atoms with van der Waals surface area (Å²) in [6, 6.07) is 0. The first-order valence-electron chi connectivity index (χ1n) is 3.06. The van der Waals surface area contributed by atoms with Crippen molar-refractivity contribution in [3.8, 4) is 0 Å². The van der Waals surface area contributed by atoms with Gasteiger partial charge in [0.1, 0.15) is 0 Å². The zero-order valence-corrected chi connectivity index (χ0v) is 6.32. The number of hydrogen-bond acceptors (Lipinski definition) is 4. The average Bonchev–Trinajstić information content (AvgIpc) is 2.41. The van der Waals surface area contributed by atoms with E-state index in [2.05, 4.69) is 15.8 Å². The van der Waals surface area contributed by atoms with Crippen molar-refractivity contribution in [2.75, 3.05) is 13.2 Å². The van der Waals surface area contributed by atoms with Crippen molar-refractivity contribution in [3.63, 3.8) is 0 Å². The number of thiazole rings is 1. The third-order valence-corrected chi connectivity index (χ3v) is 1.73. The van der Waals surface area contributed by atoms with Crippen molar-refractivity contribution in [1.82, 2.24) is 10.3 Å². The third kappa shape index (κ3) is 2.43. The van der Waals surface area contributed by atoms with Gasteiger partial charge in [-0.3, -0.25) is 0 Å². The van der Waals surface area contributed by atoms with Crippen molar-refractivity contribution in [1.29, 1.82) is 0 Å². The maximum Gasteiger partial charge on any atom is 0.152 e. The molecule has 0 unspecified atom stereocenters. The van der Waals surface area contributed by atoms with Crippen LogP contribution in [0.1, 0.15) is 4.88 Å². The van der Waals surface area contributed by atoms with E-state index in [0.717, 1.165) is 11.4 Å². The lowest BCUT2D eigenvalue weighted by Crippen LogP contribution is -2.16. The zero-order valence-electron chi connectivity index (χ0n) is 5.50. The van der Waals surface area contributed by atoms with Gasteiger partial charge in [0.05, 0.1) is 6.61 Å². The molecule has 10 heavy (non-hydrogen) atoms. The fourth-order valence-electron chi connectivity index (χ4n) is 0.582. The molecule has 0 aliphatic rings. The van der Waals surface area contributed by atoms with Crippen LogP contribution in [0, 0.1) is 5.51 Å². The highest BCUT2D eigenvalue weighted by Crippen LogP contribution is 2.02. The van der Waals surface area contributed by atoms with Crippen LogP contribution in [-0.2, 0) is 6.54 Å². The third-order valence-electron chi connectivity index (χ3n) is 1.03. The van der Waals surface area contributed by atoms with Crippen LogP contribution in [0.2, 0.25) is 0 Å². The first-order valence-corrected chi connectivity index (χ1v) is 3.87. The second-order valence-electron chi connectivity index (χ2n) is 1.82. The lowest BCUT2D eigenvalue weighted by Gasteiger charge is -1.96. The van der Waals surface area contributed by atoms with E-state index in [0.29, 0.717) is 6.54 Å². The fourth-order valence-corrected chi connectivity index (χ4v) is 1.08. The average molecular weight is 157 g/mol. The zero-order chi connectivity index (χ0) is 7.23. The molecule has 3 nitrogen and oxygen atoms in total. The van der Waals surface area contributed by atoms with E-state index in [9.17, 15) is 0 Å². The molecule has 1 radical (unpaired) electrons. The van der Waals surface area contributed by atoms with Crippen LogP contribution in [0.5, 0.6) is 0 Å². The van der Waals surface area contributed by atoms with Gasteiger partial charge in [-0.2, -0.15) is 0 Å². The first-order chi connectivity index (χ1) is 4.93. The van der Waals surface area contributed by atoms with E-state index >= 15 is 0 Å². The Balaban J connectivity index is 2.15. The molecule has 0 bridgehead atoms. The first kappa shape index (κ1) is 7.65. The van der Waals surface area contributed by atoms with Gasteiger partial charge in [-0.25, -0.2) is 4.98 Å². The van der Waals surface area contributed by atoms with Crippen LogP contribution in [0.15, 0.2) is 6.20 Å². The Kier molecular flexibility index (Phi) is 3.35. The van der Waals surface area contributed by atoms with Crippen molar-refractivity contribution in [2.45, 2.75) is 6.54 Å². The van der Waals surface area contributed by atoms with Crippen LogP contribution < -0.4 is 5.32 Å². The van der Waals surface area contributed by atoms with E-state index in [4.69, 9.17) is 5.11 Å². The van der Waals surface area contributed by atoms with Gasteiger partial charge in [-0.05, 0) is 0 Å². The number of nitrogens with one attached hydrogen (secondary N) is 1. The molecule has 0 saturated carbocycles.